The molecule has 0 aliphatic heterocycles. The van der Waals surface area contributed by atoms with Crippen molar-refractivity contribution in [3.63, 3.8) is 0 Å². The van der Waals surface area contributed by atoms with Crippen molar-refractivity contribution in [2.75, 3.05) is 12.5 Å². The van der Waals surface area contributed by atoms with Crippen molar-refractivity contribution in [3.05, 3.63) is 74.9 Å². The molecule has 3 rings (SSSR count). The van der Waals surface area contributed by atoms with Crippen molar-refractivity contribution in [2.24, 2.45) is 5.10 Å². The van der Waals surface area contributed by atoms with Gasteiger partial charge in [0.1, 0.15) is 4.88 Å². The van der Waals surface area contributed by atoms with Crippen LogP contribution in [0.2, 0.25) is 5.02 Å². The Morgan fingerprint density at radius 3 is 2.69 bits per heavy atom. The lowest BCUT2D eigenvalue weighted by Gasteiger charge is -2.09. The molecular formula is C20H15ClN2O5S. The third-order valence-corrected chi connectivity index (χ3v) is 4.90. The molecular weight excluding hydrogens is 416 g/mol. The number of hydrogen-bond acceptors (Lipinski definition) is 7. The Hall–Kier alpha value is -3.36. The maximum atomic E-state index is 12.1. The number of carboxylic acid groups (broad SMARTS) is 1. The normalized spacial score (nSPS) is 10.7. The fourth-order valence-corrected chi connectivity index (χ4v) is 3.13. The zero-order chi connectivity index (χ0) is 20.8. The van der Waals surface area contributed by atoms with Gasteiger partial charge in [-0.3, -0.25) is 5.43 Å². The van der Waals surface area contributed by atoms with Crippen molar-refractivity contribution < 1.29 is 24.2 Å². The summed E-state index contributed by atoms with van der Waals surface area (Å²) in [6.07, 6.45) is 1.52. The summed E-state index contributed by atoms with van der Waals surface area (Å²) in [6.45, 7) is 0. The van der Waals surface area contributed by atoms with Gasteiger partial charge in [-0.25, -0.2) is 9.59 Å². The van der Waals surface area contributed by atoms with E-state index in [2.05, 4.69) is 10.5 Å². The Kier molecular flexibility index (Phi) is 6.48. The molecule has 1 heterocycles. The molecule has 0 atom stereocenters. The molecule has 148 valence electrons. The first-order valence-corrected chi connectivity index (χ1v) is 9.49. The van der Waals surface area contributed by atoms with Crippen LogP contribution in [0.4, 0.5) is 5.69 Å². The van der Waals surface area contributed by atoms with Gasteiger partial charge in [0, 0.05) is 0 Å². The predicted octanol–water partition coefficient (Wildman–Crippen LogP) is 4.77. The summed E-state index contributed by atoms with van der Waals surface area (Å²) < 4.78 is 10.7. The molecule has 0 amide bonds. The average molecular weight is 431 g/mol. The Bertz CT molecular complexity index is 1070. The third-order valence-electron chi connectivity index (χ3n) is 3.72. The molecule has 1 aromatic heterocycles. The molecule has 9 heteroatoms. The number of methoxy groups -OCH3 is 1. The van der Waals surface area contributed by atoms with Gasteiger partial charge in [0.25, 0.3) is 0 Å². The Balaban J connectivity index is 1.71. The highest BCUT2D eigenvalue weighted by Crippen LogP contribution is 2.29. The number of hydrazone groups is 1. The Labute approximate surface area is 175 Å². The van der Waals surface area contributed by atoms with E-state index in [4.69, 9.17) is 26.2 Å². The summed E-state index contributed by atoms with van der Waals surface area (Å²) in [6, 6.07) is 12.9. The van der Waals surface area contributed by atoms with Gasteiger partial charge in [-0.05, 0) is 53.4 Å². The molecule has 2 N–H and O–H groups in total. The first-order chi connectivity index (χ1) is 14.0. The van der Waals surface area contributed by atoms with Crippen LogP contribution in [0.1, 0.15) is 25.6 Å². The molecule has 0 bridgehead atoms. The van der Waals surface area contributed by atoms with Gasteiger partial charge in [0.05, 0.1) is 29.6 Å². The van der Waals surface area contributed by atoms with E-state index in [0.717, 1.165) is 0 Å². The van der Waals surface area contributed by atoms with Crippen LogP contribution in [-0.2, 0) is 0 Å². The maximum absolute atomic E-state index is 12.1. The van der Waals surface area contributed by atoms with E-state index in [9.17, 15) is 9.59 Å². The van der Waals surface area contributed by atoms with E-state index in [1.165, 1.54) is 36.8 Å². The first-order valence-electron chi connectivity index (χ1n) is 8.23. The third kappa shape index (κ3) is 5.13. The van der Waals surface area contributed by atoms with Gasteiger partial charge in [-0.2, -0.15) is 5.10 Å². The fourth-order valence-electron chi connectivity index (χ4n) is 2.33. The number of anilines is 1. The van der Waals surface area contributed by atoms with Gasteiger partial charge in [0.15, 0.2) is 11.5 Å². The van der Waals surface area contributed by atoms with Crippen LogP contribution in [0.25, 0.3) is 0 Å². The molecule has 0 spiro atoms. The minimum absolute atomic E-state index is 0.0227. The van der Waals surface area contributed by atoms with E-state index in [-0.39, 0.29) is 10.6 Å². The number of carbonyl (C=O) groups is 2. The summed E-state index contributed by atoms with van der Waals surface area (Å²) in [5.41, 5.74) is 3.87. The lowest BCUT2D eigenvalue weighted by molar-refractivity contribution is 0.0694. The van der Waals surface area contributed by atoms with Crippen LogP contribution in [0.5, 0.6) is 11.5 Å². The zero-order valence-corrected chi connectivity index (χ0v) is 16.7. The van der Waals surface area contributed by atoms with Crippen molar-refractivity contribution in [2.45, 2.75) is 0 Å². The van der Waals surface area contributed by atoms with E-state index < -0.39 is 11.9 Å². The summed E-state index contributed by atoms with van der Waals surface area (Å²) in [7, 11) is 1.47. The van der Waals surface area contributed by atoms with Crippen molar-refractivity contribution in [3.8, 4) is 11.5 Å². The number of carbonyl (C=O) groups excluding carboxylic acids is 1. The fraction of sp³-hybridized carbons (Fsp3) is 0.0500. The zero-order valence-electron chi connectivity index (χ0n) is 15.1. The molecule has 0 saturated heterocycles. The van der Waals surface area contributed by atoms with E-state index in [1.807, 2.05) is 0 Å². The molecule has 29 heavy (non-hydrogen) atoms. The molecule has 0 unspecified atom stereocenters. The monoisotopic (exact) mass is 430 g/mol. The summed E-state index contributed by atoms with van der Waals surface area (Å²) in [5.74, 6) is -0.920. The molecule has 0 aliphatic rings. The van der Waals surface area contributed by atoms with E-state index in [1.54, 1.807) is 41.8 Å². The van der Waals surface area contributed by atoms with Gasteiger partial charge in [-0.1, -0.05) is 17.7 Å². The number of rotatable bonds is 7. The smallest absolute Gasteiger partial charge is 0.353 e. The maximum Gasteiger partial charge on any atom is 0.353 e. The number of carboxylic acids is 1. The number of benzene rings is 2. The molecule has 0 fully saturated rings. The highest BCUT2D eigenvalue weighted by Gasteiger charge is 2.13. The number of aromatic carboxylic acids is 1. The first kappa shape index (κ1) is 20.4. The molecule has 0 aliphatic carbocycles. The van der Waals surface area contributed by atoms with Gasteiger partial charge in [-0.15, -0.1) is 11.3 Å². The topological polar surface area (TPSA) is 97.2 Å². The van der Waals surface area contributed by atoms with Crippen LogP contribution in [-0.4, -0.2) is 30.4 Å². The lowest BCUT2D eigenvalue weighted by atomic mass is 10.2. The number of halogens is 1. The number of thiophene rings is 1. The molecule has 0 saturated carbocycles. The number of hydrogen-bond donors (Lipinski definition) is 2. The largest absolute Gasteiger partial charge is 0.493 e. The van der Waals surface area contributed by atoms with E-state index >= 15 is 0 Å². The summed E-state index contributed by atoms with van der Waals surface area (Å²) >= 11 is 7.13. The number of esters is 1. The SMILES string of the molecule is COc1cc(/C=N\Nc2ccc(Cl)c(C(=O)O)c2)ccc1OC(=O)c1cccs1. The second-order valence-electron chi connectivity index (χ2n) is 5.65. The lowest BCUT2D eigenvalue weighted by Crippen LogP contribution is -2.07. The predicted molar refractivity (Wildman–Crippen MR) is 112 cm³/mol. The van der Waals surface area contributed by atoms with E-state index in [0.29, 0.717) is 27.6 Å². The Morgan fingerprint density at radius 1 is 1.17 bits per heavy atom. The van der Waals surface area contributed by atoms with Crippen LogP contribution in [0, 0.1) is 0 Å². The van der Waals surface area contributed by atoms with Crippen LogP contribution in [0.3, 0.4) is 0 Å². The average Bonchev–Trinajstić information content (AvgIpc) is 3.25. The second-order valence-corrected chi connectivity index (χ2v) is 7.00. The molecule has 0 radical (unpaired) electrons. The number of nitrogens with zero attached hydrogens (tertiary/aromatic N) is 1. The quantitative estimate of drug-likeness (QED) is 0.242. The van der Waals surface area contributed by atoms with Crippen molar-refractivity contribution in [1.82, 2.24) is 0 Å². The molecule has 7 nitrogen and oxygen atoms in total. The minimum Gasteiger partial charge on any atom is -0.493 e. The molecule has 2 aromatic carbocycles. The Morgan fingerprint density at radius 2 is 2.00 bits per heavy atom. The summed E-state index contributed by atoms with van der Waals surface area (Å²) in [4.78, 5) is 23.7. The van der Waals surface area contributed by atoms with Gasteiger partial charge >= 0.3 is 11.9 Å². The van der Waals surface area contributed by atoms with Crippen LogP contribution < -0.4 is 14.9 Å². The second kappa shape index (κ2) is 9.22. The summed E-state index contributed by atoms with van der Waals surface area (Å²) in [5, 5.41) is 15.1. The van der Waals surface area contributed by atoms with Gasteiger partial charge < -0.3 is 14.6 Å². The van der Waals surface area contributed by atoms with Crippen molar-refractivity contribution >= 4 is 46.8 Å². The highest BCUT2D eigenvalue weighted by atomic mass is 35.5. The molecule has 3 aromatic rings. The standard InChI is InChI=1S/C20H15ClN2O5S/c1-27-17-9-12(4-7-16(17)28-20(26)18-3-2-8-29-18)11-22-23-13-5-6-15(21)14(10-13)19(24)25/h2-11,23H,1H3,(H,24,25)/b22-11-. The minimum atomic E-state index is -1.12. The van der Waals surface area contributed by atoms with Gasteiger partial charge in [0.2, 0.25) is 0 Å². The highest BCUT2D eigenvalue weighted by molar-refractivity contribution is 7.12. The van der Waals surface area contributed by atoms with Crippen LogP contribution >= 0.6 is 22.9 Å². The number of nitrogens with one attached hydrogen (secondary N) is 1. The van der Waals surface area contributed by atoms with Crippen molar-refractivity contribution in [1.29, 1.82) is 0 Å². The van der Waals surface area contributed by atoms with Crippen LogP contribution in [0.15, 0.2) is 59.0 Å². The number of ether oxygens (including phenoxy) is 2.